The number of hydrogen-bond donors (Lipinski definition) is 1. The maximum Gasteiger partial charge on any atom is 0.128 e. The van der Waals surface area contributed by atoms with Crippen LogP contribution in [0, 0.1) is 13.8 Å². The molecule has 1 N–H and O–H groups in total. The Hall–Kier alpha value is -1.06. The van der Waals surface area contributed by atoms with Gasteiger partial charge < -0.3 is 14.7 Å². The quantitative estimate of drug-likeness (QED) is 0.926. The molecular formula is C18H29NO2. The van der Waals surface area contributed by atoms with Crippen molar-refractivity contribution in [2.45, 2.75) is 58.6 Å². The summed E-state index contributed by atoms with van der Waals surface area (Å²) in [6.45, 7) is 10.6. The number of methoxy groups -OCH3 is 1. The molecule has 0 aromatic heterocycles. The predicted molar refractivity (Wildman–Crippen MR) is 86.9 cm³/mol. The van der Waals surface area contributed by atoms with E-state index in [0.717, 1.165) is 49.2 Å². The summed E-state index contributed by atoms with van der Waals surface area (Å²) >= 11 is 0. The zero-order valence-corrected chi connectivity index (χ0v) is 14.1. The SMILES string of the molecule is COc1c(C2(O)CCCN(C(C)C)CC2)ccc(C)c1C. The van der Waals surface area contributed by atoms with Crippen molar-refractivity contribution in [3.05, 3.63) is 28.8 Å². The minimum absolute atomic E-state index is 0.536. The lowest BCUT2D eigenvalue weighted by Gasteiger charge is -2.30. The summed E-state index contributed by atoms with van der Waals surface area (Å²) in [5.74, 6) is 0.857. The van der Waals surface area contributed by atoms with E-state index >= 15 is 0 Å². The van der Waals surface area contributed by atoms with Crippen molar-refractivity contribution in [2.24, 2.45) is 0 Å². The van der Waals surface area contributed by atoms with Crippen LogP contribution in [0.5, 0.6) is 5.75 Å². The molecule has 3 nitrogen and oxygen atoms in total. The van der Waals surface area contributed by atoms with Crippen molar-refractivity contribution in [1.82, 2.24) is 4.90 Å². The van der Waals surface area contributed by atoms with Crippen molar-refractivity contribution in [2.75, 3.05) is 20.2 Å². The molecule has 0 radical (unpaired) electrons. The fourth-order valence-corrected chi connectivity index (χ4v) is 3.35. The first-order valence-corrected chi connectivity index (χ1v) is 8.00. The van der Waals surface area contributed by atoms with E-state index in [-0.39, 0.29) is 0 Å². The van der Waals surface area contributed by atoms with Crippen LogP contribution in [-0.4, -0.2) is 36.2 Å². The maximum atomic E-state index is 11.2. The second-order valence-corrected chi connectivity index (χ2v) is 6.60. The maximum absolute atomic E-state index is 11.2. The van der Waals surface area contributed by atoms with Crippen LogP contribution in [0.3, 0.4) is 0 Å². The zero-order valence-electron chi connectivity index (χ0n) is 14.1. The van der Waals surface area contributed by atoms with Gasteiger partial charge in [0.15, 0.2) is 0 Å². The molecule has 1 fully saturated rings. The van der Waals surface area contributed by atoms with Crippen molar-refractivity contribution in [1.29, 1.82) is 0 Å². The molecule has 1 aromatic rings. The van der Waals surface area contributed by atoms with E-state index in [2.05, 4.69) is 38.7 Å². The highest BCUT2D eigenvalue weighted by Gasteiger charge is 2.35. The summed E-state index contributed by atoms with van der Waals surface area (Å²) in [4.78, 5) is 2.45. The van der Waals surface area contributed by atoms with Gasteiger partial charge >= 0.3 is 0 Å². The van der Waals surface area contributed by atoms with Gasteiger partial charge in [-0.25, -0.2) is 0 Å². The zero-order chi connectivity index (χ0) is 15.6. The van der Waals surface area contributed by atoms with Gasteiger partial charge in [-0.05, 0) is 64.6 Å². The number of hydrogen-bond acceptors (Lipinski definition) is 3. The molecule has 1 aliphatic heterocycles. The normalized spacial score (nSPS) is 24.1. The number of rotatable bonds is 3. The minimum atomic E-state index is -0.770. The molecule has 1 unspecified atom stereocenters. The summed E-state index contributed by atoms with van der Waals surface area (Å²) in [6, 6.07) is 4.68. The fraction of sp³-hybridized carbons (Fsp3) is 0.667. The van der Waals surface area contributed by atoms with Gasteiger partial charge in [0.05, 0.1) is 12.7 Å². The summed E-state index contributed by atoms with van der Waals surface area (Å²) in [6.07, 6.45) is 2.59. The lowest BCUT2D eigenvalue weighted by atomic mass is 9.84. The summed E-state index contributed by atoms with van der Waals surface area (Å²) < 4.78 is 5.62. The number of aliphatic hydroxyl groups is 1. The first kappa shape index (κ1) is 16.3. The Morgan fingerprint density at radius 2 is 1.90 bits per heavy atom. The van der Waals surface area contributed by atoms with E-state index in [1.54, 1.807) is 7.11 Å². The molecule has 0 aliphatic carbocycles. The Kier molecular flexibility index (Phi) is 4.95. The molecule has 1 aliphatic rings. The molecule has 0 spiro atoms. The smallest absolute Gasteiger partial charge is 0.128 e. The van der Waals surface area contributed by atoms with Gasteiger partial charge in [0.25, 0.3) is 0 Å². The van der Waals surface area contributed by atoms with Gasteiger partial charge in [-0.1, -0.05) is 12.1 Å². The second-order valence-electron chi connectivity index (χ2n) is 6.60. The Balaban J connectivity index is 2.34. The second kappa shape index (κ2) is 6.37. The third-order valence-corrected chi connectivity index (χ3v) is 4.96. The topological polar surface area (TPSA) is 32.7 Å². The third-order valence-electron chi connectivity index (χ3n) is 4.96. The summed E-state index contributed by atoms with van der Waals surface area (Å²) in [5, 5.41) is 11.2. The molecule has 1 heterocycles. The Morgan fingerprint density at radius 1 is 1.19 bits per heavy atom. The van der Waals surface area contributed by atoms with E-state index < -0.39 is 5.60 Å². The van der Waals surface area contributed by atoms with Gasteiger partial charge in [-0.2, -0.15) is 0 Å². The summed E-state index contributed by atoms with van der Waals surface area (Å²) in [5.41, 5.74) is 2.52. The lowest BCUT2D eigenvalue weighted by molar-refractivity contribution is 0.0181. The molecule has 0 amide bonds. The largest absolute Gasteiger partial charge is 0.496 e. The predicted octanol–water partition coefficient (Wildman–Crippen LogP) is 3.39. The van der Waals surface area contributed by atoms with Gasteiger partial charge in [-0.15, -0.1) is 0 Å². The van der Waals surface area contributed by atoms with Crippen molar-refractivity contribution >= 4 is 0 Å². The van der Waals surface area contributed by atoms with E-state index in [1.807, 2.05) is 6.07 Å². The molecule has 1 atom stereocenters. The van der Waals surface area contributed by atoms with E-state index in [9.17, 15) is 5.11 Å². The Labute approximate surface area is 128 Å². The number of ether oxygens (including phenoxy) is 1. The molecule has 118 valence electrons. The van der Waals surface area contributed by atoms with Crippen LogP contribution in [-0.2, 0) is 5.60 Å². The van der Waals surface area contributed by atoms with Gasteiger partial charge in [0.1, 0.15) is 5.75 Å². The first-order chi connectivity index (χ1) is 9.89. The molecule has 1 aromatic carbocycles. The molecule has 0 bridgehead atoms. The van der Waals surface area contributed by atoms with Crippen molar-refractivity contribution in [3.8, 4) is 5.75 Å². The molecule has 21 heavy (non-hydrogen) atoms. The molecule has 1 saturated heterocycles. The number of aryl methyl sites for hydroxylation is 1. The minimum Gasteiger partial charge on any atom is -0.496 e. The number of benzene rings is 1. The van der Waals surface area contributed by atoms with E-state index in [0.29, 0.717) is 6.04 Å². The number of nitrogens with zero attached hydrogens (tertiary/aromatic N) is 1. The summed E-state index contributed by atoms with van der Waals surface area (Å²) in [7, 11) is 1.70. The Morgan fingerprint density at radius 3 is 2.52 bits per heavy atom. The molecular weight excluding hydrogens is 262 g/mol. The van der Waals surface area contributed by atoms with Crippen LogP contribution in [0.4, 0.5) is 0 Å². The van der Waals surface area contributed by atoms with Crippen LogP contribution < -0.4 is 4.74 Å². The fourth-order valence-electron chi connectivity index (χ4n) is 3.35. The molecule has 2 rings (SSSR count). The van der Waals surface area contributed by atoms with Crippen LogP contribution in [0.15, 0.2) is 12.1 Å². The first-order valence-electron chi connectivity index (χ1n) is 8.00. The van der Waals surface area contributed by atoms with Gasteiger partial charge in [0, 0.05) is 18.2 Å². The van der Waals surface area contributed by atoms with Crippen LogP contribution in [0.25, 0.3) is 0 Å². The van der Waals surface area contributed by atoms with Gasteiger partial charge in [-0.3, -0.25) is 0 Å². The standard InChI is InChI=1S/C18H29NO2/c1-13(2)19-11-6-9-18(20,10-12-19)16-8-7-14(3)15(4)17(16)21-5/h7-8,13,20H,6,9-12H2,1-5H3. The highest BCUT2D eigenvalue weighted by Crippen LogP contribution is 2.40. The van der Waals surface area contributed by atoms with E-state index in [4.69, 9.17) is 4.74 Å². The number of likely N-dealkylation sites (tertiary alicyclic amines) is 1. The van der Waals surface area contributed by atoms with Gasteiger partial charge in [0.2, 0.25) is 0 Å². The monoisotopic (exact) mass is 291 g/mol. The average molecular weight is 291 g/mol. The van der Waals surface area contributed by atoms with Crippen molar-refractivity contribution in [3.63, 3.8) is 0 Å². The van der Waals surface area contributed by atoms with E-state index in [1.165, 1.54) is 5.56 Å². The van der Waals surface area contributed by atoms with Crippen LogP contribution >= 0.6 is 0 Å². The van der Waals surface area contributed by atoms with Crippen molar-refractivity contribution < 1.29 is 9.84 Å². The Bertz CT molecular complexity index is 498. The molecule has 0 saturated carbocycles. The highest BCUT2D eigenvalue weighted by molar-refractivity contribution is 5.48. The van der Waals surface area contributed by atoms with Crippen LogP contribution in [0.2, 0.25) is 0 Å². The molecule has 3 heteroatoms. The lowest BCUT2D eigenvalue weighted by Crippen LogP contribution is -2.33. The highest BCUT2D eigenvalue weighted by atomic mass is 16.5. The third kappa shape index (κ3) is 3.24. The van der Waals surface area contributed by atoms with Crippen LogP contribution in [0.1, 0.15) is 49.8 Å². The average Bonchev–Trinajstić information content (AvgIpc) is 2.64.